The van der Waals surface area contributed by atoms with Crippen LogP contribution in [-0.4, -0.2) is 25.1 Å². The summed E-state index contributed by atoms with van der Waals surface area (Å²) in [5, 5.41) is 32.8. The van der Waals surface area contributed by atoms with Gasteiger partial charge in [0.05, 0.1) is 16.5 Å². The van der Waals surface area contributed by atoms with Gasteiger partial charge in [-0.3, -0.25) is 0 Å². The monoisotopic (exact) mass is 1570 g/mol. The molecular weight excluding hydrogens is 1510 g/mol. The number of nitrogens with one attached hydrogen (secondary N) is 2. The number of aromatic nitrogens is 7. The van der Waals surface area contributed by atoms with Crippen LogP contribution in [0.2, 0.25) is 0 Å². The maximum atomic E-state index is 12.6. The van der Waals surface area contributed by atoms with Gasteiger partial charge in [-0.2, -0.15) is 9.97 Å². The number of aromatic amines is 2. The van der Waals surface area contributed by atoms with Crippen LogP contribution in [-0.2, 0) is 11.4 Å². The van der Waals surface area contributed by atoms with Crippen molar-refractivity contribution in [2.45, 2.75) is 11.4 Å². The maximum absolute atomic E-state index is 12.6. The molecule has 7 heterocycles. The van der Waals surface area contributed by atoms with Crippen LogP contribution in [0.1, 0.15) is 22.3 Å². The van der Waals surface area contributed by atoms with E-state index in [1.165, 1.54) is 53.9 Å². The second-order valence-electron chi connectivity index (χ2n) is 28.8. The summed E-state index contributed by atoms with van der Waals surface area (Å²) in [5.74, 6) is 3.81. The molecule has 2 N–H and O–H groups in total. The van der Waals surface area contributed by atoms with Gasteiger partial charge in [0, 0.05) is 41.0 Å². The third-order valence-corrected chi connectivity index (χ3v) is 26.7. The van der Waals surface area contributed by atoms with E-state index in [0.29, 0.717) is 17.5 Å². The van der Waals surface area contributed by atoms with E-state index in [1.807, 2.05) is 170 Å². The Balaban J connectivity index is 0.000000102. The molecule has 0 atom stereocenters. The molecule has 4 aliphatic rings. The van der Waals surface area contributed by atoms with Gasteiger partial charge < -0.3 is 19.7 Å². The van der Waals surface area contributed by atoms with Crippen LogP contribution in [0.4, 0.5) is 0 Å². The third-order valence-electron chi connectivity index (χ3n) is 22.2. The predicted molar refractivity (Wildman–Crippen MR) is 469 cm³/mol. The van der Waals surface area contributed by atoms with Gasteiger partial charge in [0.2, 0.25) is 22.1 Å². The minimum atomic E-state index is -1.22. The van der Waals surface area contributed by atoms with Crippen molar-refractivity contribution in [2.75, 3.05) is 0 Å². The predicted octanol–water partition coefficient (Wildman–Crippen LogP) is 22.0. The van der Waals surface area contributed by atoms with E-state index in [4.69, 9.17) is 24.4 Å². The zero-order chi connectivity index (χ0) is 77.0. The van der Waals surface area contributed by atoms with Crippen molar-refractivity contribution in [2.24, 2.45) is 0 Å². The molecule has 2 spiro atoms. The van der Waals surface area contributed by atoms with Crippen LogP contribution in [0.3, 0.4) is 0 Å². The molecule has 11 nitrogen and oxygen atoms in total. The number of fused-ring (bicyclic) bond motifs is 26. The summed E-state index contributed by atoms with van der Waals surface area (Å²) < 4.78 is 23.0. The summed E-state index contributed by atoms with van der Waals surface area (Å²) in [6.45, 7) is 0. The molecule has 16 heteroatoms. The van der Waals surface area contributed by atoms with Crippen LogP contribution >= 0.6 is 45.3 Å². The number of ether oxygens (including phenoxy) is 2. The number of nitrogens with zero attached hydrogens (tertiary/aromatic N) is 5. The summed E-state index contributed by atoms with van der Waals surface area (Å²) in [6, 6.07) is 125. The molecule has 0 radical (unpaired) electrons. The van der Waals surface area contributed by atoms with Crippen molar-refractivity contribution in [3.05, 3.63) is 392 Å². The molecule has 548 valence electrons. The van der Waals surface area contributed by atoms with E-state index < -0.39 is 11.4 Å². The summed E-state index contributed by atoms with van der Waals surface area (Å²) in [4.78, 5) is 21.7. The summed E-state index contributed by atoms with van der Waals surface area (Å²) in [5.41, 5.74) is 20.8. The van der Waals surface area contributed by atoms with Gasteiger partial charge in [-0.05, 0) is 142 Å². The van der Waals surface area contributed by atoms with Crippen molar-refractivity contribution >= 4 is 118 Å². The molecule has 2 aliphatic carbocycles. The van der Waals surface area contributed by atoms with Crippen LogP contribution < -0.4 is 38.8 Å². The third kappa shape index (κ3) is 11.6. The first-order valence-corrected chi connectivity index (χ1v) is 41.5. The number of hydrogen-bond acceptors (Lipinski definition) is 11. The van der Waals surface area contributed by atoms with E-state index in [1.54, 1.807) is 45.3 Å². The van der Waals surface area contributed by atoms with Crippen molar-refractivity contribution < 1.29 is 38.8 Å². The molecule has 0 saturated heterocycles. The number of thiazole rings is 4. The Morgan fingerprint density at radius 1 is 0.291 bits per heavy atom. The van der Waals surface area contributed by atoms with Crippen molar-refractivity contribution in [3.63, 3.8) is 0 Å². The zero-order valence-corrected chi connectivity index (χ0v) is 65.7. The summed E-state index contributed by atoms with van der Waals surface area (Å²) >= 11 is 6.77. The average molecular weight is 1580 g/mol. The molecule has 16 aromatic carbocycles. The van der Waals surface area contributed by atoms with Crippen LogP contribution in [0.5, 0.6) is 23.0 Å². The Hall–Kier alpha value is -14.0. The Morgan fingerprint density at radius 2 is 0.641 bits per heavy atom. The Morgan fingerprint density at radius 3 is 1.09 bits per heavy atom. The van der Waals surface area contributed by atoms with Gasteiger partial charge in [0.15, 0.2) is 29.0 Å². The second kappa shape index (κ2) is 28.8. The average Bonchev–Trinajstić information content (AvgIpc) is 1.42. The van der Waals surface area contributed by atoms with E-state index in [0.717, 1.165) is 123 Å². The number of rotatable bonds is 5. The van der Waals surface area contributed by atoms with Gasteiger partial charge in [-0.1, -0.05) is 336 Å². The topological polar surface area (TPSA) is 139 Å². The summed E-state index contributed by atoms with van der Waals surface area (Å²) in [6.07, 6.45) is 0. The minimum Gasteiger partial charge on any atom is -0.871 e. The SMILES string of the molecule is [Be+2].[O-]c1c(-c2[nH+]c3ccccc3s2)ccc2ccccc12.[O-]c1c(-c2[nH+]c3ccccc3s2)ccc2ccccc12.c1ccc(-c2nc(-c3ccccc3)nc(-c3ccc4c(c3)C3(c5ccccc5-c5ccccc53)c3ccccc3-4)n2)cc1.c1ccc2c(c1)OC1(Oc3ccccc3-c3sc4ccccc4[n+]31)[n+]1c-2sc2ccccc21. The van der Waals surface area contributed by atoms with E-state index >= 15 is 0 Å². The first kappa shape index (κ1) is 70.8. The van der Waals surface area contributed by atoms with Crippen molar-refractivity contribution in [3.8, 4) is 122 Å². The molecule has 21 aromatic rings. The van der Waals surface area contributed by atoms with Crippen LogP contribution in [0, 0.1) is 0 Å². The minimum absolute atomic E-state index is 0. The molecular formula is C101H63BeN7O4S4+4. The molecule has 0 fully saturated rings. The van der Waals surface area contributed by atoms with E-state index in [9.17, 15) is 10.2 Å². The fraction of sp³-hybridized carbons (Fsp3) is 0.0198. The Labute approximate surface area is 691 Å². The van der Waals surface area contributed by atoms with E-state index in [2.05, 4.69) is 219 Å². The fourth-order valence-electron chi connectivity index (χ4n) is 17.0. The fourth-order valence-corrected chi connectivity index (χ4v) is 21.5. The van der Waals surface area contributed by atoms with Gasteiger partial charge in [0.1, 0.15) is 29.9 Å². The smallest absolute Gasteiger partial charge is 0.871 e. The van der Waals surface area contributed by atoms with E-state index in [-0.39, 0.29) is 21.6 Å². The van der Waals surface area contributed by atoms with Crippen molar-refractivity contribution in [1.82, 2.24) is 15.0 Å². The first-order chi connectivity index (χ1) is 57.3. The summed E-state index contributed by atoms with van der Waals surface area (Å²) in [7, 11) is 0. The van der Waals surface area contributed by atoms with Gasteiger partial charge in [-0.15, -0.1) is 0 Å². The molecule has 0 bridgehead atoms. The molecule has 0 unspecified atom stereocenters. The largest absolute Gasteiger partial charge is 2.00 e. The number of H-pyrrole nitrogens is 2. The molecule has 25 rings (SSSR count). The first-order valence-electron chi connectivity index (χ1n) is 38.3. The number of para-hydroxylation sites is 6. The Kier molecular flexibility index (Phi) is 17.4. The number of benzene rings is 16. The van der Waals surface area contributed by atoms with Gasteiger partial charge >= 0.3 is 16.2 Å². The van der Waals surface area contributed by atoms with Gasteiger partial charge in [-0.25, -0.2) is 15.0 Å². The zero-order valence-electron chi connectivity index (χ0n) is 62.4. The Bertz CT molecular complexity index is 7040. The molecule has 2 aliphatic heterocycles. The van der Waals surface area contributed by atoms with Crippen LogP contribution in [0.15, 0.2) is 370 Å². The molecule has 0 saturated carbocycles. The van der Waals surface area contributed by atoms with Crippen molar-refractivity contribution in [1.29, 1.82) is 0 Å². The quantitative estimate of drug-likeness (QED) is 0.123. The molecule has 5 aromatic heterocycles. The second-order valence-corrected chi connectivity index (χ2v) is 32.9. The molecule has 117 heavy (non-hydrogen) atoms. The van der Waals surface area contributed by atoms with Gasteiger partial charge in [0.25, 0.3) is 20.0 Å². The molecule has 0 amide bonds. The number of hydrogen-bond donors (Lipinski definition) is 0. The normalized spacial score (nSPS) is 12.9. The van der Waals surface area contributed by atoms with Crippen LogP contribution in [0.25, 0.3) is 161 Å². The maximum Gasteiger partial charge on any atom is 2.00 e. The standard InChI is InChI=1S/C40H25N3.C27H16N2O2S2.2C17H11NOS.Be/c1-3-13-26(14-4-1)37-41-38(27-15-5-2-6-16-27)43-39(42-37)28-23-24-32-31-19-9-12-22-35(31)40(36(32)25-28)33-20-10-7-17-29(33)30-18-8-11-21-34(30)40;1-5-13-21-17(9-1)25-28(19-11-3-7-15-23(19)32-25)27(30-21)29-20-12-4-8-16-24(20)33-26(29)18-10-2-6-14-22(18)31-27;2*19-16-12-6-2-1-5-11(12)9-10-13(16)17-18-14-7-3-4-8-15(14)20-17;/h1-25H;1-16H;2*1-10,19H;/q;+2;;;+2.